The van der Waals surface area contributed by atoms with Crippen molar-refractivity contribution in [2.75, 3.05) is 17.4 Å². The quantitative estimate of drug-likeness (QED) is 0.171. The molecule has 0 aliphatic carbocycles. The summed E-state index contributed by atoms with van der Waals surface area (Å²) >= 11 is 0. The molecular formula is C32H31FN4O6S. The zero-order valence-corrected chi connectivity index (χ0v) is 24.7. The number of amides is 2. The van der Waals surface area contributed by atoms with Crippen LogP contribution in [0.25, 0.3) is 0 Å². The van der Waals surface area contributed by atoms with Gasteiger partial charge in [0.2, 0.25) is 11.8 Å². The van der Waals surface area contributed by atoms with E-state index >= 15 is 0 Å². The number of nitro groups is 1. The first-order valence-corrected chi connectivity index (χ1v) is 15.2. The van der Waals surface area contributed by atoms with Crippen LogP contribution in [0.4, 0.5) is 15.8 Å². The maximum absolute atomic E-state index is 14.9. The molecule has 0 spiro atoms. The minimum absolute atomic E-state index is 0.00346. The summed E-state index contributed by atoms with van der Waals surface area (Å²) in [7, 11) is -4.37. The van der Waals surface area contributed by atoms with Gasteiger partial charge in [-0.2, -0.15) is 0 Å². The van der Waals surface area contributed by atoms with E-state index in [1.54, 1.807) is 43.3 Å². The first-order valence-electron chi connectivity index (χ1n) is 13.8. The standard InChI is InChI=1S/C32H31FN4O6S/c1-2-34-32(39)30(21-24-11-5-3-6-12-24)35(22-25-13-9-10-16-29(25)33)31(38)23-36(26-17-19-27(20-18-26)37(40)41)44(42,43)28-14-7-4-8-15-28/h3-20,30H,2,21-23H2,1H3,(H,34,39)/t30-/m1/s1. The zero-order chi connectivity index (χ0) is 31.7. The van der Waals surface area contributed by atoms with Gasteiger partial charge in [-0.15, -0.1) is 0 Å². The minimum Gasteiger partial charge on any atom is -0.355 e. The van der Waals surface area contributed by atoms with Crippen molar-refractivity contribution in [2.24, 2.45) is 0 Å². The Labute approximate surface area is 254 Å². The molecule has 0 aliphatic rings. The first-order chi connectivity index (χ1) is 21.1. The molecule has 0 saturated heterocycles. The monoisotopic (exact) mass is 618 g/mol. The van der Waals surface area contributed by atoms with Crippen molar-refractivity contribution >= 4 is 33.2 Å². The SMILES string of the molecule is CCNC(=O)[C@@H](Cc1ccccc1)N(Cc1ccccc1F)C(=O)CN(c1ccc([N+](=O)[O-])cc1)S(=O)(=O)c1ccccc1. The third-order valence-electron chi connectivity index (χ3n) is 6.88. The summed E-state index contributed by atoms with van der Waals surface area (Å²) in [6.07, 6.45) is 0.0792. The van der Waals surface area contributed by atoms with Crippen molar-refractivity contribution in [2.45, 2.75) is 30.8 Å². The van der Waals surface area contributed by atoms with Gasteiger partial charge >= 0.3 is 0 Å². The molecule has 0 aliphatic heterocycles. The summed E-state index contributed by atoms with van der Waals surface area (Å²) in [6, 6.07) is 25.8. The van der Waals surface area contributed by atoms with Crippen LogP contribution >= 0.6 is 0 Å². The van der Waals surface area contributed by atoms with Crippen LogP contribution in [0.3, 0.4) is 0 Å². The molecule has 0 radical (unpaired) electrons. The number of carbonyl (C=O) groups excluding carboxylic acids is 2. The highest BCUT2D eigenvalue weighted by atomic mass is 32.2. The number of nitrogens with zero attached hydrogens (tertiary/aromatic N) is 3. The number of nitro benzene ring substituents is 1. The first kappa shape index (κ1) is 31.8. The molecule has 0 heterocycles. The molecule has 1 atom stereocenters. The molecule has 12 heteroatoms. The van der Waals surface area contributed by atoms with Crippen molar-refractivity contribution in [3.63, 3.8) is 0 Å². The minimum atomic E-state index is -4.37. The van der Waals surface area contributed by atoms with Crippen LogP contribution in [0.1, 0.15) is 18.1 Å². The number of halogens is 1. The highest BCUT2D eigenvalue weighted by molar-refractivity contribution is 7.92. The fourth-order valence-electron chi connectivity index (χ4n) is 4.65. The molecule has 2 amide bonds. The highest BCUT2D eigenvalue weighted by Gasteiger charge is 2.35. The van der Waals surface area contributed by atoms with Crippen LogP contribution in [-0.4, -0.2) is 49.2 Å². The molecule has 10 nitrogen and oxygen atoms in total. The van der Waals surface area contributed by atoms with Crippen molar-refractivity contribution in [3.05, 3.63) is 136 Å². The number of carbonyl (C=O) groups is 2. The van der Waals surface area contributed by atoms with Gasteiger partial charge < -0.3 is 10.2 Å². The number of hydrogen-bond acceptors (Lipinski definition) is 6. The van der Waals surface area contributed by atoms with E-state index in [4.69, 9.17) is 0 Å². The number of rotatable bonds is 13. The van der Waals surface area contributed by atoms with Crippen LogP contribution in [0, 0.1) is 15.9 Å². The molecule has 0 bridgehead atoms. The Balaban J connectivity index is 1.81. The molecule has 4 aromatic rings. The van der Waals surface area contributed by atoms with Crippen LogP contribution < -0.4 is 9.62 Å². The predicted octanol–water partition coefficient (Wildman–Crippen LogP) is 4.71. The van der Waals surface area contributed by atoms with Gasteiger partial charge in [-0.3, -0.25) is 24.0 Å². The molecule has 0 unspecified atom stereocenters. The number of non-ortho nitro benzene ring substituents is 1. The summed E-state index contributed by atoms with van der Waals surface area (Å²) < 4.78 is 43.5. The molecule has 1 N–H and O–H groups in total. The predicted molar refractivity (Wildman–Crippen MR) is 164 cm³/mol. The van der Waals surface area contributed by atoms with Gasteiger partial charge in [0.25, 0.3) is 15.7 Å². The van der Waals surface area contributed by atoms with E-state index in [0.29, 0.717) is 0 Å². The summed E-state index contributed by atoms with van der Waals surface area (Å²) in [5, 5.41) is 14.0. The zero-order valence-electron chi connectivity index (χ0n) is 23.9. The van der Waals surface area contributed by atoms with Crippen LogP contribution in [0.5, 0.6) is 0 Å². The summed E-state index contributed by atoms with van der Waals surface area (Å²) in [4.78, 5) is 39.4. The van der Waals surface area contributed by atoms with Gasteiger partial charge in [0.15, 0.2) is 0 Å². The maximum Gasteiger partial charge on any atom is 0.269 e. The Morgan fingerprint density at radius 2 is 1.48 bits per heavy atom. The number of nitrogens with one attached hydrogen (secondary N) is 1. The van der Waals surface area contributed by atoms with Crippen molar-refractivity contribution in [1.29, 1.82) is 0 Å². The van der Waals surface area contributed by atoms with E-state index in [1.165, 1.54) is 59.5 Å². The molecule has 0 saturated carbocycles. The van der Waals surface area contributed by atoms with Gasteiger partial charge in [-0.1, -0.05) is 66.7 Å². The second kappa shape index (κ2) is 14.4. The summed E-state index contributed by atoms with van der Waals surface area (Å²) in [5.74, 6) is -1.86. The molecular weight excluding hydrogens is 587 g/mol. The topological polar surface area (TPSA) is 130 Å². The second-order valence-corrected chi connectivity index (χ2v) is 11.7. The lowest BCUT2D eigenvalue weighted by Crippen LogP contribution is -2.53. The van der Waals surface area contributed by atoms with Gasteiger partial charge in [0, 0.05) is 37.2 Å². The number of likely N-dealkylation sites (N-methyl/N-ethyl adjacent to an activating group) is 1. The lowest BCUT2D eigenvalue weighted by Gasteiger charge is -2.33. The number of hydrogen-bond donors (Lipinski definition) is 1. The van der Waals surface area contributed by atoms with E-state index < -0.39 is 45.2 Å². The molecule has 4 rings (SSSR count). The molecule has 228 valence electrons. The Hall–Kier alpha value is -5.10. The van der Waals surface area contributed by atoms with E-state index in [2.05, 4.69) is 5.32 Å². The normalized spacial score (nSPS) is 11.8. The van der Waals surface area contributed by atoms with Crippen LogP contribution in [-0.2, 0) is 32.6 Å². The summed E-state index contributed by atoms with van der Waals surface area (Å²) in [5.41, 5.74) is 0.601. The van der Waals surface area contributed by atoms with Crippen LogP contribution in [0.15, 0.2) is 114 Å². The average Bonchev–Trinajstić information content (AvgIpc) is 3.03. The highest BCUT2D eigenvalue weighted by Crippen LogP contribution is 2.27. The van der Waals surface area contributed by atoms with E-state index in [9.17, 15) is 32.5 Å². The Kier molecular flexibility index (Phi) is 10.4. The van der Waals surface area contributed by atoms with Gasteiger partial charge in [0.1, 0.15) is 18.4 Å². The van der Waals surface area contributed by atoms with E-state index in [0.717, 1.165) is 22.0 Å². The fraction of sp³-hybridized carbons (Fsp3) is 0.188. The molecule has 4 aromatic carbocycles. The second-order valence-electron chi connectivity index (χ2n) is 9.81. The number of sulfonamides is 1. The van der Waals surface area contributed by atoms with Gasteiger partial charge in [-0.25, -0.2) is 12.8 Å². The Morgan fingerprint density at radius 1 is 0.886 bits per heavy atom. The lowest BCUT2D eigenvalue weighted by atomic mass is 10.0. The summed E-state index contributed by atoms with van der Waals surface area (Å²) in [6.45, 7) is 0.903. The number of benzene rings is 4. The van der Waals surface area contributed by atoms with Crippen molar-refractivity contribution in [1.82, 2.24) is 10.2 Å². The third-order valence-corrected chi connectivity index (χ3v) is 8.67. The average molecular weight is 619 g/mol. The smallest absolute Gasteiger partial charge is 0.269 e. The van der Waals surface area contributed by atoms with E-state index in [1.807, 2.05) is 6.07 Å². The Bertz CT molecular complexity index is 1700. The largest absolute Gasteiger partial charge is 0.355 e. The molecule has 0 fully saturated rings. The molecule has 0 aromatic heterocycles. The van der Waals surface area contributed by atoms with E-state index in [-0.39, 0.29) is 41.3 Å². The lowest BCUT2D eigenvalue weighted by molar-refractivity contribution is -0.384. The third kappa shape index (κ3) is 7.64. The Morgan fingerprint density at radius 3 is 2.07 bits per heavy atom. The maximum atomic E-state index is 14.9. The molecule has 44 heavy (non-hydrogen) atoms. The van der Waals surface area contributed by atoms with Crippen LogP contribution in [0.2, 0.25) is 0 Å². The fourth-order valence-corrected chi connectivity index (χ4v) is 6.08. The van der Waals surface area contributed by atoms with Crippen molar-refractivity contribution < 1.29 is 27.3 Å². The van der Waals surface area contributed by atoms with Gasteiger partial charge in [-0.05, 0) is 42.8 Å². The van der Waals surface area contributed by atoms with Gasteiger partial charge in [0.05, 0.1) is 15.5 Å². The van der Waals surface area contributed by atoms with Crippen molar-refractivity contribution in [3.8, 4) is 0 Å². The number of anilines is 1.